The second kappa shape index (κ2) is 12.5. The lowest BCUT2D eigenvalue weighted by Crippen LogP contribution is -2.50. The number of benzene rings is 3. The summed E-state index contributed by atoms with van der Waals surface area (Å²) >= 11 is 5.91. The van der Waals surface area contributed by atoms with E-state index in [1.165, 1.54) is 29.3 Å². The van der Waals surface area contributed by atoms with Gasteiger partial charge < -0.3 is 20.1 Å². The van der Waals surface area contributed by atoms with Crippen molar-refractivity contribution in [3.05, 3.63) is 101 Å². The van der Waals surface area contributed by atoms with Crippen LogP contribution in [0.5, 0.6) is 0 Å². The monoisotopic (exact) mass is 521 g/mol. The molecule has 4 rings (SSSR count). The van der Waals surface area contributed by atoms with Gasteiger partial charge in [0.2, 0.25) is 11.8 Å². The van der Waals surface area contributed by atoms with E-state index in [-0.39, 0.29) is 41.4 Å². The van der Waals surface area contributed by atoms with E-state index in [4.69, 9.17) is 16.3 Å². The predicted molar refractivity (Wildman–Crippen MR) is 141 cm³/mol. The molecule has 2 amide bonds. The number of nitrogens with one attached hydrogen (secondary N) is 1. The number of amides is 2. The molecule has 37 heavy (non-hydrogen) atoms. The fourth-order valence-corrected chi connectivity index (χ4v) is 4.60. The number of anilines is 1. The number of ether oxygens (including phenoxy) is 1. The standard InChI is InChI=1S/C28H28ClN3O5/c29-22-11-12-23(28(35)36)24(17-22)30-25(33)18-37-19-26(34)31-13-15-32(16-14-31)27(20-7-3-1-4-8-20)21-9-5-2-6-10-21/h1-12,17,27H,13-16,18-19H2,(H,30,33)(H,35,36). The molecule has 0 radical (unpaired) electrons. The van der Waals surface area contributed by atoms with E-state index in [0.29, 0.717) is 26.2 Å². The highest BCUT2D eigenvalue weighted by Gasteiger charge is 2.28. The summed E-state index contributed by atoms with van der Waals surface area (Å²) in [5, 5.41) is 12.0. The normalized spacial score (nSPS) is 13.9. The van der Waals surface area contributed by atoms with E-state index >= 15 is 0 Å². The van der Waals surface area contributed by atoms with Crippen molar-refractivity contribution in [1.29, 1.82) is 0 Å². The molecule has 9 heteroatoms. The molecule has 0 saturated carbocycles. The SMILES string of the molecule is O=C(COCC(=O)N1CCN(C(c2ccccc2)c2ccccc2)CC1)Nc1cc(Cl)ccc1C(=O)O. The first-order valence-corrected chi connectivity index (χ1v) is 12.3. The van der Waals surface area contributed by atoms with Crippen molar-refractivity contribution < 1.29 is 24.2 Å². The lowest BCUT2D eigenvalue weighted by Gasteiger charge is -2.39. The van der Waals surface area contributed by atoms with Gasteiger partial charge >= 0.3 is 5.97 Å². The molecule has 1 aliphatic heterocycles. The Morgan fingerprint density at radius 3 is 2.03 bits per heavy atom. The van der Waals surface area contributed by atoms with Crippen LogP contribution < -0.4 is 5.32 Å². The molecule has 0 bridgehead atoms. The van der Waals surface area contributed by atoms with Gasteiger partial charge in [-0.25, -0.2) is 4.79 Å². The summed E-state index contributed by atoms with van der Waals surface area (Å²) in [5.41, 5.74) is 2.39. The summed E-state index contributed by atoms with van der Waals surface area (Å²) in [6.45, 7) is 1.88. The first-order chi connectivity index (χ1) is 17.9. The number of hydrogen-bond donors (Lipinski definition) is 2. The maximum atomic E-state index is 12.7. The van der Waals surface area contributed by atoms with Gasteiger partial charge in [-0.05, 0) is 29.3 Å². The molecule has 8 nitrogen and oxygen atoms in total. The molecule has 0 aromatic heterocycles. The minimum atomic E-state index is -1.19. The Kier molecular flexibility index (Phi) is 8.90. The molecule has 1 aliphatic rings. The van der Waals surface area contributed by atoms with Crippen LogP contribution in [0.1, 0.15) is 27.5 Å². The van der Waals surface area contributed by atoms with Crippen molar-refractivity contribution in [2.24, 2.45) is 0 Å². The van der Waals surface area contributed by atoms with Crippen LogP contribution in [0.4, 0.5) is 5.69 Å². The molecule has 0 aliphatic carbocycles. The highest BCUT2D eigenvalue weighted by molar-refractivity contribution is 6.31. The molecule has 0 spiro atoms. The van der Waals surface area contributed by atoms with Gasteiger partial charge in [-0.2, -0.15) is 0 Å². The number of aromatic carboxylic acids is 1. The van der Waals surface area contributed by atoms with Crippen LogP contribution in [0.3, 0.4) is 0 Å². The Morgan fingerprint density at radius 1 is 0.865 bits per heavy atom. The average molecular weight is 522 g/mol. The molecule has 3 aromatic carbocycles. The number of piperazine rings is 1. The molecular formula is C28H28ClN3O5. The molecule has 2 N–H and O–H groups in total. The summed E-state index contributed by atoms with van der Waals surface area (Å²) in [4.78, 5) is 40.4. The van der Waals surface area contributed by atoms with Crippen LogP contribution in [0, 0.1) is 0 Å². The summed E-state index contributed by atoms with van der Waals surface area (Å²) in [6, 6.07) is 24.8. The van der Waals surface area contributed by atoms with Crippen LogP contribution in [0.15, 0.2) is 78.9 Å². The second-order valence-electron chi connectivity index (χ2n) is 8.68. The fourth-order valence-electron chi connectivity index (χ4n) is 4.43. The molecule has 1 fully saturated rings. The van der Waals surface area contributed by atoms with Gasteiger partial charge in [0.1, 0.15) is 13.2 Å². The first-order valence-electron chi connectivity index (χ1n) is 11.9. The van der Waals surface area contributed by atoms with E-state index in [1.54, 1.807) is 4.90 Å². The van der Waals surface area contributed by atoms with Gasteiger partial charge in [0.15, 0.2) is 0 Å². The van der Waals surface area contributed by atoms with Crippen LogP contribution in [0.2, 0.25) is 5.02 Å². The summed E-state index contributed by atoms with van der Waals surface area (Å²) in [7, 11) is 0. The largest absolute Gasteiger partial charge is 0.478 e. The number of carbonyl (C=O) groups is 3. The van der Waals surface area contributed by atoms with E-state index in [9.17, 15) is 19.5 Å². The van der Waals surface area contributed by atoms with Crippen LogP contribution in [0.25, 0.3) is 0 Å². The summed E-state index contributed by atoms with van der Waals surface area (Å²) in [5.74, 6) is -1.96. The van der Waals surface area contributed by atoms with E-state index in [1.807, 2.05) is 36.4 Å². The molecule has 0 atom stereocenters. The van der Waals surface area contributed by atoms with Gasteiger partial charge in [0.25, 0.3) is 0 Å². The zero-order valence-corrected chi connectivity index (χ0v) is 20.9. The Labute approximate surface area is 220 Å². The zero-order chi connectivity index (χ0) is 26.2. The number of hydrogen-bond acceptors (Lipinski definition) is 5. The van der Waals surface area contributed by atoms with E-state index in [2.05, 4.69) is 34.5 Å². The molecule has 1 saturated heterocycles. The Balaban J connectivity index is 1.28. The molecule has 0 unspecified atom stereocenters. The predicted octanol–water partition coefficient (Wildman–Crippen LogP) is 3.93. The van der Waals surface area contributed by atoms with Gasteiger partial charge in [-0.15, -0.1) is 0 Å². The van der Waals surface area contributed by atoms with Crippen molar-refractivity contribution in [2.45, 2.75) is 6.04 Å². The number of carboxylic acid groups (broad SMARTS) is 1. The molecule has 1 heterocycles. The first kappa shape index (κ1) is 26.3. The number of carboxylic acids is 1. The third-order valence-electron chi connectivity index (χ3n) is 6.21. The Morgan fingerprint density at radius 2 is 1.46 bits per heavy atom. The highest BCUT2D eigenvalue weighted by Crippen LogP contribution is 2.29. The van der Waals surface area contributed by atoms with Gasteiger partial charge in [-0.3, -0.25) is 14.5 Å². The van der Waals surface area contributed by atoms with Crippen molar-refractivity contribution in [3.63, 3.8) is 0 Å². The topological polar surface area (TPSA) is 99.2 Å². The number of halogens is 1. The van der Waals surface area contributed by atoms with Crippen molar-refractivity contribution in [2.75, 3.05) is 44.7 Å². The van der Waals surface area contributed by atoms with Crippen molar-refractivity contribution in [3.8, 4) is 0 Å². The number of carbonyl (C=O) groups excluding carboxylic acids is 2. The zero-order valence-electron chi connectivity index (χ0n) is 20.2. The maximum absolute atomic E-state index is 12.7. The quantitative estimate of drug-likeness (QED) is 0.443. The maximum Gasteiger partial charge on any atom is 0.337 e. The molecular weight excluding hydrogens is 494 g/mol. The number of rotatable bonds is 9. The lowest BCUT2D eigenvalue weighted by molar-refractivity contribution is -0.139. The molecule has 3 aromatic rings. The highest BCUT2D eigenvalue weighted by atomic mass is 35.5. The lowest BCUT2D eigenvalue weighted by atomic mass is 9.96. The van der Waals surface area contributed by atoms with Crippen LogP contribution >= 0.6 is 11.6 Å². The summed E-state index contributed by atoms with van der Waals surface area (Å²) < 4.78 is 5.33. The van der Waals surface area contributed by atoms with Gasteiger partial charge in [-0.1, -0.05) is 72.3 Å². The van der Waals surface area contributed by atoms with Gasteiger partial charge in [0, 0.05) is 31.2 Å². The van der Waals surface area contributed by atoms with Crippen LogP contribution in [-0.4, -0.2) is 72.1 Å². The van der Waals surface area contributed by atoms with Crippen LogP contribution in [-0.2, 0) is 14.3 Å². The van der Waals surface area contributed by atoms with E-state index in [0.717, 1.165) is 0 Å². The van der Waals surface area contributed by atoms with Gasteiger partial charge in [0.05, 0.1) is 17.3 Å². The third-order valence-corrected chi connectivity index (χ3v) is 6.44. The number of nitrogens with zero attached hydrogens (tertiary/aromatic N) is 2. The summed E-state index contributed by atoms with van der Waals surface area (Å²) in [6.07, 6.45) is 0. The average Bonchev–Trinajstić information content (AvgIpc) is 2.90. The molecule has 192 valence electrons. The Hall–Kier alpha value is -3.72. The minimum absolute atomic E-state index is 0.0717. The van der Waals surface area contributed by atoms with Crippen molar-refractivity contribution in [1.82, 2.24) is 9.80 Å². The second-order valence-corrected chi connectivity index (χ2v) is 9.11. The minimum Gasteiger partial charge on any atom is -0.478 e. The third kappa shape index (κ3) is 6.95. The fraction of sp³-hybridized carbons (Fsp3) is 0.250. The van der Waals surface area contributed by atoms with Crippen molar-refractivity contribution >= 4 is 35.1 Å². The smallest absolute Gasteiger partial charge is 0.337 e. The van der Waals surface area contributed by atoms with E-state index < -0.39 is 11.9 Å². The Bertz CT molecular complexity index is 1190.